The molecule has 4 fully saturated rings. The molecule has 4 bridgehead atoms. The standard InChI is InChI=1S/C22H28N2O3/c1-24-17-4-2-3-5-18(17)27-19(20(24)25)6-7-23-21(26)22-11-14-8-15(12-22)10-16(9-14)13-22/h2-5,14-16,19H,6-13H2,1H3,(H,23,26). The number of hydrogen-bond acceptors (Lipinski definition) is 3. The number of rotatable bonds is 4. The molecule has 4 saturated carbocycles. The molecule has 0 saturated heterocycles. The highest BCUT2D eigenvalue weighted by molar-refractivity contribution is 5.99. The lowest BCUT2D eigenvalue weighted by atomic mass is 9.49. The average molecular weight is 368 g/mol. The Morgan fingerprint density at radius 2 is 1.78 bits per heavy atom. The second kappa shape index (κ2) is 6.25. The van der Waals surface area contributed by atoms with E-state index >= 15 is 0 Å². The van der Waals surface area contributed by atoms with Crippen molar-refractivity contribution in [1.29, 1.82) is 0 Å². The molecule has 1 unspecified atom stereocenters. The smallest absolute Gasteiger partial charge is 0.267 e. The van der Waals surface area contributed by atoms with Crippen molar-refractivity contribution in [1.82, 2.24) is 5.32 Å². The van der Waals surface area contributed by atoms with Crippen molar-refractivity contribution in [3.63, 3.8) is 0 Å². The lowest BCUT2D eigenvalue weighted by Crippen LogP contribution is -2.54. The molecule has 5 nitrogen and oxygen atoms in total. The summed E-state index contributed by atoms with van der Waals surface area (Å²) in [5.74, 6) is 3.19. The van der Waals surface area contributed by atoms with Crippen LogP contribution in [0, 0.1) is 23.2 Å². The first-order valence-electron chi connectivity index (χ1n) is 10.4. The van der Waals surface area contributed by atoms with E-state index in [9.17, 15) is 9.59 Å². The largest absolute Gasteiger partial charge is 0.478 e. The third kappa shape index (κ3) is 2.82. The van der Waals surface area contributed by atoms with E-state index in [1.807, 2.05) is 24.3 Å². The zero-order chi connectivity index (χ0) is 18.6. The molecule has 1 atom stereocenters. The summed E-state index contributed by atoms with van der Waals surface area (Å²) < 4.78 is 5.90. The van der Waals surface area contributed by atoms with Crippen molar-refractivity contribution in [2.45, 2.75) is 51.0 Å². The summed E-state index contributed by atoms with van der Waals surface area (Å²) in [5.41, 5.74) is 0.673. The van der Waals surface area contributed by atoms with Gasteiger partial charge in [-0.05, 0) is 68.4 Å². The molecular formula is C22H28N2O3. The fourth-order valence-electron chi connectivity index (χ4n) is 6.45. The number of para-hydroxylation sites is 2. The number of carbonyl (C=O) groups excluding carboxylic acids is 2. The summed E-state index contributed by atoms with van der Waals surface area (Å²) in [6, 6.07) is 7.59. The minimum absolute atomic E-state index is 0.0437. The highest BCUT2D eigenvalue weighted by Crippen LogP contribution is 2.60. The number of nitrogens with zero attached hydrogens (tertiary/aromatic N) is 1. The number of hydrogen-bond donors (Lipinski definition) is 1. The van der Waals surface area contributed by atoms with Gasteiger partial charge in [-0.25, -0.2) is 0 Å². The number of nitrogens with one attached hydrogen (secondary N) is 1. The minimum atomic E-state index is -0.526. The third-order valence-corrected chi connectivity index (χ3v) is 7.31. The van der Waals surface area contributed by atoms with Crippen LogP contribution < -0.4 is 15.0 Å². The van der Waals surface area contributed by atoms with Crippen molar-refractivity contribution >= 4 is 17.5 Å². The quantitative estimate of drug-likeness (QED) is 0.888. The number of likely N-dealkylation sites (N-methyl/N-ethyl adjacent to an activating group) is 1. The molecule has 2 amide bonds. The lowest BCUT2D eigenvalue weighted by Gasteiger charge is -2.55. The van der Waals surface area contributed by atoms with Crippen molar-refractivity contribution < 1.29 is 14.3 Å². The molecule has 4 aliphatic carbocycles. The van der Waals surface area contributed by atoms with E-state index in [2.05, 4.69) is 5.32 Å². The molecule has 1 aliphatic heterocycles. The number of fused-ring (bicyclic) bond motifs is 1. The summed E-state index contributed by atoms with van der Waals surface area (Å²) in [6.07, 6.45) is 7.20. The van der Waals surface area contributed by atoms with Crippen LogP contribution in [-0.4, -0.2) is 31.5 Å². The van der Waals surface area contributed by atoms with Gasteiger partial charge in [-0.3, -0.25) is 9.59 Å². The maximum atomic E-state index is 13.0. The predicted octanol–water partition coefficient (Wildman–Crippen LogP) is 3.13. The van der Waals surface area contributed by atoms with E-state index in [0.29, 0.717) is 13.0 Å². The summed E-state index contributed by atoms with van der Waals surface area (Å²) in [6.45, 7) is 0.493. The SMILES string of the molecule is CN1C(=O)C(CCNC(=O)C23CC4CC(CC(C4)C2)C3)Oc2ccccc21. The molecule has 0 radical (unpaired) electrons. The summed E-state index contributed by atoms with van der Waals surface area (Å²) in [7, 11) is 1.78. The Kier molecular flexibility index (Phi) is 3.95. The highest BCUT2D eigenvalue weighted by Gasteiger charge is 2.54. The van der Waals surface area contributed by atoms with Gasteiger partial charge in [0.25, 0.3) is 5.91 Å². The van der Waals surface area contributed by atoms with Gasteiger partial charge in [0, 0.05) is 25.4 Å². The zero-order valence-electron chi connectivity index (χ0n) is 15.9. The van der Waals surface area contributed by atoms with E-state index in [4.69, 9.17) is 4.74 Å². The Labute approximate surface area is 160 Å². The van der Waals surface area contributed by atoms with E-state index in [1.54, 1.807) is 11.9 Å². The predicted molar refractivity (Wildman–Crippen MR) is 102 cm³/mol. The van der Waals surface area contributed by atoms with E-state index in [0.717, 1.165) is 48.5 Å². The van der Waals surface area contributed by atoms with Gasteiger partial charge in [0.1, 0.15) is 5.75 Å². The fourth-order valence-corrected chi connectivity index (χ4v) is 6.45. The fraction of sp³-hybridized carbons (Fsp3) is 0.636. The van der Waals surface area contributed by atoms with Crippen LogP contribution in [0.2, 0.25) is 0 Å². The second-order valence-electron chi connectivity index (χ2n) is 9.21. The van der Waals surface area contributed by atoms with Gasteiger partial charge in [0.2, 0.25) is 5.91 Å². The molecule has 0 aromatic heterocycles. The summed E-state index contributed by atoms with van der Waals surface area (Å²) >= 11 is 0. The Bertz CT molecular complexity index is 739. The van der Waals surface area contributed by atoms with Gasteiger partial charge >= 0.3 is 0 Å². The van der Waals surface area contributed by atoms with Crippen LogP contribution in [0.15, 0.2) is 24.3 Å². The molecule has 1 aromatic rings. The van der Waals surface area contributed by atoms with Crippen molar-refractivity contribution in [2.24, 2.45) is 23.2 Å². The first kappa shape index (κ1) is 17.1. The van der Waals surface area contributed by atoms with Gasteiger partial charge < -0.3 is 15.0 Å². The highest BCUT2D eigenvalue weighted by atomic mass is 16.5. The van der Waals surface area contributed by atoms with Gasteiger partial charge in [-0.2, -0.15) is 0 Å². The van der Waals surface area contributed by atoms with Crippen LogP contribution >= 0.6 is 0 Å². The van der Waals surface area contributed by atoms with E-state index < -0.39 is 6.10 Å². The Balaban J connectivity index is 1.21. The first-order chi connectivity index (χ1) is 13.0. The van der Waals surface area contributed by atoms with Crippen LogP contribution in [-0.2, 0) is 9.59 Å². The van der Waals surface area contributed by atoms with Crippen molar-refractivity contribution in [3.8, 4) is 5.75 Å². The average Bonchev–Trinajstić information content (AvgIpc) is 2.64. The number of anilines is 1. The number of ether oxygens (including phenoxy) is 1. The molecule has 0 spiro atoms. The van der Waals surface area contributed by atoms with Crippen molar-refractivity contribution in [3.05, 3.63) is 24.3 Å². The molecule has 5 aliphatic rings. The van der Waals surface area contributed by atoms with Gasteiger partial charge in [-0.15, -0.1) is 0 Å². The zero-order valence-corrected chi connectivity index (χ0v) is 15.9. The van der Waals surface area contributed by atoms with Crippen LogP contribution in [0.3, 0.4) is 0 Å². The molecule has 1 N–H and O–H groups in total. The molecule has 1 aromatic carbocycles. The molecule has 5 heteroatoms. The molecule has 144 valence electrons. The number of carbonyl (C=O) groups is 2. The number of amides is 2. The second-order valence-corrected chi connectivity index (χ2v) is 9.21. The molecule has 1 heterocycles. The normalized spacial score (nSPS) is 36.3. The molecule has 6 rings (SSSR count). The van der Waals surface area contributed by atoms with Crippen LogP contribution in [0.25, 0.3) is 0 Å². The Morgan fingerprint density at radius 3 is 2.44 bits per heavy atom. The molecule has 27 heavy (non-hydrogen) atoms. The number of benzene rings is 1. The van der Waals surface area contributed by atoms with Crippen LogP contribution in [0.5, 0.6) is 5.75 Å². The summed E-state index contributed by atoms with van der Waals surface area (Å²) in [5, 5.41) is 3.16. The van der Waals surface area contributed by atoms with E-state index in [-0.39, 0.29) is 17.2 Å². The van der Waals surface area contributed by atoms with Crippen molar-refractivity contribution in [2.75, 3.05) is 18.5 Å². The Morgan fingerprint density at radius 1 is 1.15 bits per heavy atom. The summed E-state index contributed by atoms with van der Waals surface area (Å²) in [4.78, 5) is 27.3. The third-order valence-electron chi connectivity index (χ3n) is 7.31. The van der Waals surface area contributed by atoms with Crippen LogP contribution in [0.4, 0.5) is 5.69 Å². The maximum Gasteiger partial charge on any atom is 0.267 e. The minimum Gasteiger partial charge on any atom is -0.478 e. The van der Waals surface area contributed by atoms with Gasteiger partial charge in [0.05, 0.1) is 5.69 Å². The maximum absolute atomic E-state index is 13.0. The Hall–Kier alpha value is -2.04. The van der Waals surface area contributed by atoms with Gasteiger partial charge in [0.15, 0.2) is 6.10 Å². The van der Waals surface area contributed by atoms with E-state index in [1.165, 1.54) is 19.3 Å². The van der Waals surface area contributed by atoms with Gasteiger partial charge in [-0.1, -0.05) is 12.1 Å². The van der Waals surface area contributed by atoms with Crippen LogP contribution in [0.1, 0.15) is 44.9 Å². The molecular weight excluding hydrogens is 340 g/mol. The monoisotopic (exact) mass is 368 g/mol. The lowest BCUT2D eigenvalue weighted by molar-refractivity contribution is -0.146. The first-order valence-corrected chi connectivity index (χ1v) is 10.4. The topological polar surface area (TPSA) is 58.6 Å².